The van der Waals surface area contributed by atoms with E-state index in [4.69, 9.17) is 9.15 Å². The van der Waals surface area contributed by atoms with Crippen LogP contribution in [0.5, 0.6) is 5.75 Å². The van der Waals surface area contributed by atoms with Gasteiger partial charge in [-0.25, -0.2) is 0 Å². The summed E-state index contributed by atoms with van der Waals surface area (Å²) in [4.78, 5) is 2.11. The Morgan fingerprint density at radius 1 is 1.20 bits per heavy atom. The summed E-state index contributed by atoms with van der Waals surface area (Å²) in [6.45, 7) is 1.45. The van der Waals surface area contributed by atoms with Gasteiger partial charge in [-0.15, -0.1) is 0 Å². The number of rotatable bonds is 6. The molecule has 0 aliphatic heterocycles. The minimum absolute atomic E-state index is 0.377. The van der Waals surface area contributed by atoms with Crippen LogP contribution in [-0.4, -0.2) is 36.2 Å². The zero-order valence-electron chi connectivity index (χ0n) is 11.6. The van der Waals surface area contributed by atoms with Gasteiger partial charge in [-0.1, -0.05) is 12.1 Å². The highest BCUT2D eigenvalue weighted by molar-refractivity contribution is 6.59. The molecule has 0 saturated heterocycles. The molecule has 0 atom stereocenters. The maximum atomic E-state index is 9.35. The van der Waals surface area contributed by atoms with Gasteiger partial charge in [0.25, 0.3) is 0 Å². The van der Waals surface area contributed by atoms with E-state index >= 15 is 0 Å². The van der Waals surface area contributed by atoms with Gasteiger partial charge in [0.1, 0.15) is 5.75 Å². The van der Waals surface area contributed by atoms with Crippen LogP contribution in [0, 0.1) is 0 Å². The van der Waals surface area contributed by atoms with Crippen molar-refractivity contribution in [3.63, 3.8) is 0 Å². The summed E-state index contributed by atoms with van der Waals surface area (Å²) in [5, 5.41) is 18.7. The van der Waals surface area contributed by atoms with Gasteiger partial charge in [-0.2, -0.15) is 0 Å². The second-order valence-electron chi connectivity index (χ2n) is 4.75. The number of benzene rings is 1. The highest BCUT2D eigenvalue weighted by atomic mass is 16.5. The van der Waals surface area contributed by atoms with Crippen molar-refractivity contribution in [1.29, 1.82) is 0 Å². The second kappa shape index (κ2) is 6.61. The van der Waals surface area contributed by atoms with E-state index in [-0.39, 0.29) is 0 Å². The van der Waals surface area contributed by atoms with Gasteiger partial charge < -0.3 is 19.2 Å². The molecule has 0 spiro atoms. The standard InChI is InChI=1S/C14H18BNO4/c1-16(9-12-5-6-20-10-12)8-11-3-4-14(19-2)13(7-11)15(17)18/h3-7,10,17-18H,8-9H2,1-2H3. The average Bonchev–Trinajstić information content (AvgIpc) is 2.91. The van der Waals surface area contributed by atoms with E-state index in [1.54, 1.807) is 24.7 Å². The lowest BCUT2D eigenvalue weighted by Crippen LogP contribution is -2.32. The van der Waals surface area contributed by atoms with E-state index in [1.165, 1.54) is 7.11 Å². The number of ether oxygens (including phenoxy) is 1. The quantitative estimate of drug-likeness (QED) is 0.756. The predicted molar refractivity (Wildman–Crippen MR) is 76.7 cm³/mol. The van der Waals surface area contributed by atoms with Gasteiger partial charge in [0.15, 0.2) is 0 Å². The summed E-state index contributed by atoms with van der Waals surface area (Å²) in [6, 6.07) is 7.33. The third-order valence-corrected chi connectivity index (χ3v) is 3.06. The van der Waals surface area contributed by atoms with Gasteiger partial charge in [-0.3, -0.25) is 4.90 Å². The number of hydrogen-bond acceptors (Lipinski definition) is 5. The largest absolute Gasteiger partial charge is 0.497 e. The van der Waals surface area contributed by atoms with E-state index in [0.29, 0.717) is 17.8 Å². The minimum atomic E-state index is -1.54. The molecule has 0 bridgehead atoms. The Hall–Kier alpha value is -1.76. The van der Waals surface area contributed by atoms with Gasteiger partial charge in [-0.05, 0) is 24.7 Å². The number of hydrogen-bond donors (Lipinski definition) is 2. The van der Waals surface area contributed by atoms with Crippen LogP contribution in [0.2, 0.25) is 0 Å². The number of nitrogens with zero attached hydrogens (tertiary/aromatic N) is 1. The van der Waals surface area contributed by atoms with E-state index in [1.807, 2.05) is 19.2 Å². The Morgan fingerprint density at radius 2 is 1.95 bits per heavy atom. The normalized spacial score (nSPS) is 10.8. The predicted octanol–water partition coefficient (Wildman–Crippen LogP) is 0.600. The molecule has 0 radical (unpaired) electrons. The van der Waals surface area contributed by atoms with E-state index in [0.717, 1.165) is 17.7 Å². The molecule has 0 unspecified atom stereocenters. The molecule has 106 valence electrons. The van der Waals surface area contributed by atoms with Crippen LogP contribution in [0.15, 0.2) is 41.2 Å². The molecule has 2 N–H and O–H groups in total. The van der Waals surface area contributed by atoms with E-state index in [2.05, 4.69) is 4.90 Å². The van der Waals surface area contributed by atoms with Crippen molar-refractivity contribution in [2.75, 3.05) is 14.2 Å². The molecule has 5 nitrogen and oxygen atoms in total. The summed E-state index contributed by atoms with van der Waals surface area (Å²) in [6.07, 6.45) is 3.37. The van der Waals surface area contributed by atoms with Crippen molar-refractivity contribution in [3.05, 3.63) is 47.9 Å². The van der Waals surface area contributed by atoms with Crippen molar-refractivity contribution >= 4 is 12.6 Å². The Bertz CT molecular complexity index is 542. The highest BCUT2D eigenvalue weighted by Crippen LogP contribution is 2.13. The van der Waals surface area contributed by atoms with Crippen molar-refractivity contribution in [1.82, 2.24) is 4.90 Å². The van der Waals surface area contributed by atoms with Crippen LogP contribution in [0.1, 0.15) is 11.1 Å². The van der Waals surface area contributed by atoms with Gasteiger partial charge in [0.2, 0.25) is 0 Å². The summed E-state index contributed by atoms with van der Waals surface area (Å²) in [7, 11) is 1.96. The lowest BCUT2D eigenvalue weighted by molar-refractivity contribution is 0.317. The first kappa shape index (κ1) is 14.6. The van der Waals surface area contributed by atoms with Crippen LogP contribution in [0.25, 0.3) is 0 Å². The van der Waals surface area contributed by atoms with E-state index in [9.17, 15) is 10.0 Å². The van der Waals surface area contributed by atoms with Crippen LogP contribution >= 0.6 is 0 Å². The van der Waals surface area contributed by atoms with E-state index < -0.39 is 7.12 Å². The molecule has 0 aliphatic rings. The molecule has 6 heteroatoms. The number of furan rings is 1. The minimum Gasteiger partial charge on any atom is -0.497 e. The molecule has 0 amide bonds. The van der Waals surface area contributed by atoms with Gasteiger partial charge in [0, 0.05) is 24.1 Å². The molecular weight excluding hydrogens is 257 g/mol. The van der Waals surface area contributed by atoms with Crippen molar-refractivity contribution in [2.45, 2.75) is 13.1 Å². The summed E-state index contributed by atoms with van der Waals surface area (Å²) in [5.41, 5.74) is 2.46. The second-order valence-corrected chi connectivity index (χ2v) is 4.75. The molecule has 1 aromatic heterocycles. The zero-order valence-corrected chi connectivity index (χ0v) is 11.6. The first-order valence-electron chi connectivity index (χ1n) is 6.32. The average molecular weight is 275 g/mol. The summed E-state index contributed by atoms with van der Waals surface area (Å²) >= 11 is 0. The molecule has 1 heterocycles. The van der Waals surface area contributed by atoms with Crippen molar-refractivity contribution < 1.29 is 19.2 Å². The number of methoxy groups -OCH3 is 1. The first-order chi connectivity index (χ1) is 9.60. The Morgan fingerprint density at radius 3 is 2.55 bits per heavy atom. The molecular formula is C14H18BNO4. The highest BCUT2D eigenvalue weighted by Gasteiger charge is 2.17. The van der Waals surface area contributed by atoms with Gasteiger partial charge in [0.05, 0.1) is 19.6 Å². The van der Waals surface area contributed by atoms with Crippen LogP contribution in [0.4, 0.5) is 0 Å². The fourth-order valence-electron chi connectivity index (χ4n) is 2.15. The summed E-state index contributed by atoms with van der Waals surface area (Å²) in [5.74, 6) is 0.473. The monoisotopic (exact) mass is 275 g/mol. The third kappa shape index (κ3) is 3.63. The fraction of sp³-hybridized carbons (Fsp3) is 0.286. The molecule has 0 fully saturated rings. The Labute approximate surface area is 118 Å². The molecule has 2 aromatic rings. The lowest BCUT2D eigenvalue weighted by Gasteiger charge is -2.17. The third-order valence-electron chi connectivity index (χ3n) is 3.06. The Kier molecular flexibility index (Phi) is 4.84. The molecule has 2 rings (SSSR count). The zero-order chi connectivity index (χ0) is 14.5. The smallest absolute Gasteiger partial charge is 0.492 e. The van der Waals surface area contributed by atoms with Crippen LogP contribution in [0.3, 0.4) is 0 Å². The van der Waals surface area contributed by atoms with Crippen LogP contribution < -0.4 is 10.2 Å². The first-order valence-corrected chi connectivity index (χ1v) is 6.32. The molecule has 20 heavy (non-hydrogen) atoms. The fourth-order valence-corrected chi connectivity index (χ4v) is 2.15. The maximum absolute atomic E-state index is 9.35. The summed E-state index contributed by atoms with van der Waals surface area (Å²) < 4.78 is 10.1. The van der Waals surface area contributed by atoms with Crippen LogP contribution in [-0.2, 0) is 13.1 Å². The lowest BCUT2D eigenvalue weighted by atomic mass is 9.78. The topological polar surface area (TPSA) is 66.1 Å². The maximum Gasteiger partial charge on any atom is 0.492 e. The molecule has 1 aromatic carbocycles. The van der Waals surface area contributed by atoms with Crippen molar-refractivity contribution in [3.8, 4) is 5.75 Å². The Balaban J connectivity index is 2.07. The SMILES string of the molecule is COc1ccc(CN(C)Cc2ccoc2)cc1B(O)O. The van der Waals surface area contributed by atoms with Crippen molar-refractivity contribution in [2.24, 2.45) is 0 Å². The molecule has 0 aliphatic carbocycles. The van der Waals surface area contributed by atoms with Gasteiger partial charge >= 0.3 is 7.12 Å². The molecule has 0 saturated carbocycles.